The average molecular weight is 343 g/mol. The molecule has 0 saturated carbocycles. The van der Waals surface area contributed by atoms with Gasteiger partial charge in [-0.05, 0) is 43.7 Å². The molecule has 1 atom stereocenters. The van der Waals surface area contributed by atoms with Gasteiger partial charge in [0.1, 0.15) is 0 Å². The summed E-state index contributed by atoms with van der Waals surface area (Å²) in [5.74, 6) is 1.26. The van der Waals surface area contributed by atoms with E-state index in [4.69, 9.17) is 0 Å². The molecule has 0 aliphatic carbocycles. The van der Waals surface area contributed by atoms with Crippen molar-refractivity contribution in [3.05, 3.63) is 42.1 Å². The van der Waals surface area contributed by atoms with Gasteiger partial charge in [-0.15, -0.1) is 0 Å². The van der Waals surface area contributed by atoms with Crippen LogP contribution in [-0.4, -0.2) is 53.5 Å². The summed E-state index contributed by atoms with van der Waals surface area (Å²) >= 11 is 1.87. The van der Waals surface area contributed by atoms with Gasteiger partial charge in [0.25, 0.3) is 0 Å². The number of thioether (sulfide) groups is 1. The van der Waals surface area contributed by atoms with Gasteiger partial charge in [-0.2, -0.15) is 11.8 Å². The van der Waals surface area contributed by atoms with Crippen LogP contribution in [0.1, 0.15) is 18.4 Å². The van der Waals surface area contributed by atoms with Crippen LogP contribution in [0.15, 0.2) is 36.5 Å². The lowest BCUT2D eigenvalue weighted by Gasteiger charge is -2.23. The number of pyridine rings is 1. The number of nitrogens with zero attached hydrogens (tertiary/aromatic N) is 2. The van der Waals surface area contributed by atoms with Crippen LogP contribution in [0.2, 0.25) is 0 Å². The Morgan fingerprint density at radius 1 is 1.38 bits per heavy atom. The quantitative estimate of drug-likeness (QED) is 0.840. The lowest BCUT2D eigenvalue weighted by molar-refractivity contribution is -0.122. The summed E-state index contributed by atoms with van der Waals surface area (Å²) in [6, 6.07) is 10.8. The number of amides is 1. The molecule has 4 nitrogen and oxygen atoms in total. The second-order valence-electron chi connectivity index (χ2n) is 6.31. The molecule has 1 N–H and O–H groups in total. The number of carbonyl (C=O) groups excluding carboxylic acids is 1. The van der Waals surface area contributed by atoms with Crippen LogP contribution in [0, 0.1) is 0 Å². The Morgan fingerprint density at radius 2 is 2.25 bits per heavy atom. The van der Waals surface area contributed by atoms with Gasteiger partial charge in [0, 0.05) is 29.9 Å². The Balaban J connectivity index is 1.50. The second-order valence-corrected chi connectivity index (χ2v) is 7.22. The normalized spacial score (nSPS) is 18.1. The molecule has 2 aromatic rings. The van der Waals surface area contributed by atoms with Gasteiger partial charge in [-0.1, -0.05) is 24.3 Å². The number of carbonyl (C=O) groups is 1. The summed E-state index contributed by atoms with van der Waals surface area (Å²) < 4.78 is 0. The summed E-state index contributed by atoms with van der Waals surface area (Å²) in [6.07, 6.45) is 7.20. The molecule has 0 bridgehead atoms. The maximum Gasteiger partial charge on any atom is 0.234 e. The minimum Gasteiger partial charge on any atom is -0.355 e. The number of aromatic nitrogens is 1. The highest BCUT2D eigenvalue weighted by Crippen LogP contribution is 2.19. The van der Waals surface area contributed by atoms with E-state index in [2.05, 4.69) is 45.7 Å². The van der Waals surface area contributed by atoms with Crippen LogP contribution in [-0.2, 0) is 11.2 Å². The van der Waals surface area contributed by atoms with E-state index in [1.165, 1.54) is 18.4 Å². The van der Waals surface area contributed by atoms with Crippen LogP contribution < -0.4 is 5.32 Å². The van der Waals surface area contributed by atoms with Gasteiger partial charge in [0.05, 0.1) is 12.1 Å². The molecule has 1 aromatic carbocycles. The molecular weight excluding hydrogens is 318 g/mol. The average Bonchev–Trinajstić information content (AvgIpc) is 3.02. The number of benzene rings is 1. The molecule has 128 valence electrons. The van der Waals surface area contributed by atoms with Gasteiger partial charge in [0.15, 0.2) is 0 Å². The van der Waals surface area contributed by atoms with Crippen molar-refractivity contribution in [3.63, 3.8) is 0 Å². The molecule has 3 rings (SSSR count). The largest absolute Gasteiger partial charge is 0.355 e. The fraction of sp³-hybridized carbons (Fsp3) is 0.474. The molecule has 5 heteroatoms. The van der Waals surface area contributed by atoms with E-state index < -0.39 is 0 Å². The zero-order valence-electron chi connectivity index (χ0n) is 14.2. The molecule has 1 aliphatic rings. The molecule has 1 aliphatic heterocycles. The number of hydrogen-bond donors (Lipinski definition) is 1. The standard InChI is InChI=1S/C19H25N3OS/c1-24-14-17-8-4-12-22(17)13-18(23)20-11-9-16-6-2-5-15-7-3-10-21-19(15)16/h2-3,5-7,10,17H,4,8-9,11-14H2,1H3,(H,20,23). The summed E-state index contributed by atoms with van der Waals surface area (Å²) in [7, 11) is 0. The van der Waals surface area contributed by atoms with E-state index in [9.17, 15) is 4.79 Å². The zero-order chi connectivity index (χ0) is 16.8. The number of para-hydroxylation sites is 1. The fourth-order valence-electron chi connectivity index (χ4n) is 3.43. The SMILES string of the molecule is CSCC1CCCN1CC(=O)NCCc1cccc2cccnc12. The van der Waals surface area contributed by atoms with E-state index in [-0.39, 0.29) is 5.91 Å². The maximum atomic E-state index is 12.2. The first-order valence-corrected chi connectivity index (χ1v) is 9.99. The van der Waals surface area contributed by atoms with Crippen molar-refractivity contribution >= 4 is 28.6 Å². The highest BCUT2D eigenvalue weighted by Gasteiger charge is 2.25. The Bertz CT molecular complexity index is 686. The van der Waals surface area contributed by atoms with Crippen molar-refractivity contribution in [2.24, 2.45) is 0 Å². The summed E-state index contributed by atoms with van der Waals surface area (Å²) in [4.78, 5) is 19.0. The van der Waals surface area contributed by atoms with Crippen molar-refractivity contribution in [1.29, 1.82) is 0 Å². The number of fused-ring (bicyclic) bond motifs is 1. The molecule has 1 saturated heterocycles. The van der Waals surface area contributed by atoms with Crippen LogP contribution in [0.4, 0.5) is 0 Å². The molecule has 1 unspecified atom stereocenters. The van der Waals surface area contributed by atoms with Gasteiger partial charge in [-0.3, -0.25) is 14.7 Å². The lowest BCUT2D eigenvalue weighted by Crippen LogP contribution is -2.41. The smallest absolute Gasteiger partial charge is 0.234 e. The molecule has 0 spiro atoms. The highest BCUT2D eigenvalue weighted by molar-refractivity contribution is 7.98. The van der Waals surface area contributed by atoms with Crippen LogP contribution in [0.25, 0.3) is 10.9 Å². The molecule has 24 heavy (non-hydrogen) atoms. The van der Waals surface area contributed by atoms with E-state index in [1.807, 2.05) is 24.0 Å². The zero-order valence-corrected chi connectivity index (χ0v) is 15.0. The second kappa shape index (κ2) is 8.49. The fourth-order valence-corrected chi connectivity index (χ4v) is 4.19. The van der Waals surface area contributed by atoms with Gasteiger partial charge < -0.3 is 5.32 Å². The minimum atomic E-state index is 0.135. The molecule has 0 radical (unpaired) electrons. The topological polar surface area (TPSA) is 45.2 Å². The molecule has 2 heterocycles. The lowest BCUT2D eigenvalue weighted by atomic mass is 10.1. The first-order valence-electron chi connectivity index (χ1n) is 8.60. The first kappa shape index (κ1) is 17.2. The summed E-state index contributed by atoms with van der Waals surface area (Å²) in [6.45, 7) is 2.24. The third kappa shape index (κ3) is 4.28. The summed E-state index contributed by atoms with van der Waals surface area (Å²) in [5, 5.41) is 4.22. The van der Waals surface area contributed by atoms with E-state index in [0.29, 0.717) is 19.1 Å². The Hall–Kier alpha value is -1.59. The van der Waals surface area contributed by atoms with Crippen molar-refractivity contribution in [3.8, 4) is 0 Å². The number of likely N-dealkylation sites (tertiary alicyclic amines) is 1. The van der Waals surface area contributed by atoms with Crippen LogP contribution >= 0.6 is 11.8 Å². The predicted molar refractivity (Wildman–Crippen MR) is 101 cm³/mol. The first-order chi connectivity index (χ1) is 11.8. The maximum absolute atomic E-state index is 12.2. The van der Waals surface area contributed by atoms with Crippen LogP contribution in [0.3, 0.4) is 0 Å². The van der Waals surface area contributed by atoms with E-state index in [1.54, 1.807) is 0 Å². The third-order valence-corrected chi connectivity index (χ3v) is 5.36. The highest BCUT2D eigenvalue weighted by atomic mass is 32.2. The number of rotatable bonds is 7. The van der Waals surface area contributed by atoms with Gasteiger partial charge >= 0.3 is 0 Å². The van der Waals surface area contributed by atoms with Gasteiger partial charge in [-0.25, -0.2) is 0 Å². The van der Waals surface area contributed by atoms with Crippen molar-refractivity contribution in [2.45, 2.75) is 25.3 Å². The Labute approximate surface area is 148 Å². The minimum absolute atomic E-state index is 0.135. The Morgan fingerprint density at radius 3 is 3.12 bits per heavy atom. The van der Waals surface area contributed by atoms with Gasteiger partial charge in [0.2, 0.25) is 5.91 Å². The number of nitrogens with one attached hydrogen (secondary N) is 1. The molecular formula is C19H25N3OS. The van der Waals surface area contributed by atoms with Crippen LogP contribution in [0.5, 0.6) is 0 Å². The third-order valence-electron chi connectivity index (χ3n) is 4.64. The molecule has 1 fully saturated rings. The predicted octanol–water partition coefficient (Wildman–Crippen LogP) is 2.72. The number of hydrogen-bond acceptors (Lipinski definition) is 4. The van der Waals surface area contributed by atoms with E-state index >= 15 is 0 Å². The van der Waals surface area contributed by atoms with Crippen molar-refractivity contribution in [1.82, 2.24) is 15.2 Å². The van der Waals surface area contributed by atoms with Crippen molar-refractivity contribution in [2.75, 3.05) is 31.6 Å². The summed E-state index contributed by atoms with van der Waals surface area (Å²) in [5.41, 5.74) is 2.23. The van der Waals surface area contributed by atoms with Crippen molar-refractivity contribution < 1.29 is 4.79 Å². The molecule has 1 amide bonds. The Kier molecular flexibility index (Phi) is 6.10. The monoisotopic (exact) mass is 343 g/mol. The molecule has 1 aromatic heterocycles. The van der Waals surface area contributed by atoms with E-state index in [0.717, 1.165) is 29.6 Å².